The summed E-state index contributed by atoms with van der Waals surface area (Å²) in [5.74, 6) is -1.17. The third-order valence-corrected chi connectivity index (χ3v) is 4.15. The van der Waals surface area contributed by atoms with E-state index in [1.54, 1.807) is 13.8 Å². The van der Waals surface area contributed by atoms with E-state index in [-0.39, 0.29) is 25.2 Å². The van der Waals surface area contributed by atoms with Gasteiger partial charge in [-0.1, -0.05) is 36.8 Å². The van der Waals surface area contributed by atoms with Gasteiger partial charge in [0.1, 0.15) is 6.61 Å². The normalized spacial score (nSPS) is 12.6. The standard InChI is InChI=1S/C20H29NO6/c1-4-26-19(23)15(2)17(12-8-9-13-18(22)25-3)21-20(24)27-14-16-10-6-5-7-11-16/h5-7,10-11,15,17H,4,8-9,12-14H2,1-3H3,(H,21,24). The van der Waals surface area contributed by atoms with Crippen LogP contribution >= 0.6 is 0 Å². The van der Waals surface area contributed by atoms with Crippen LogP contribution in [-0.4, -0.2) is 37.8 Å². The maximum atomic E-state index is 12.1. The highest BCUT2D eigenvalue weighted by atomic mass is 16.5. The fourth-order valence-electron chi connectivity index (χ4n) is 2.54. The predicted octanol–water partition coefficient (Wildman–Crippen LogP) is 3.21. The van der Waals surface area contributed by atoms with E-state index in [9.17, 15) is 14.4 Å². The van der Waals surface area contributed by atoms with Crippen LogP contribution in [0.3, 0.4) is 0 Å². The number of hydrogen-bond donors (Lipinski definition) is 1. The topological polar surface area (TPSA) is 90.9 Å². The second kappa shape index (κ2) is 12.7. The monoisotopic (exact) mass is 379 g/mol. The molecule has 1 N–H and O–H groups in total. The predicted molar refractivity (Wildman–Crippen MR) is 99.8 cm³/mol. The van der Waals surface area contributed by atoms with Crippen LogP contribution in [-0.2, 0) is 30.4 Å². The minimum atomic E-state index is -0.590. The number of ether oxygens (including phenoxy) is 3. The van der Waals surface area contributed by atoms with Crippen LogP contribution in [0, 0.1) is 5.92 Å². The zero-order valence-corrected chi connectivity index (χ0v) is 16.2. The van der Waals surface area contributed by atoms with E-state index in [0.717, 1.165) is 5.56 Å². The Kier molecular flexibility index (Phi) is 10.6. The zero-order chi connectivity index (χ0) is 20.1. The van der Waals surface area contributed by atoms with Crippen molar-refractivity contribution in [2.45, 2.75) is 52.2 Å². The molecule has 0 aliphatic carbocycles. The first-order valence-electron chi connectivity index (χ1n) is 9.18. The van der Waals surface area contributed by atoms with E-state index < -0.39 is 18.1 Å². The number of unbranched alkanes of at least 4 members (excludes halogenated alkanes) is 1. The first kappa shape index (κ1) is 22.5. The molecule has 0 saturated carbocycles. The number of rotatable bonds is 11. The van der Waals surface area contributed by atoms with Gasteiger partial charge < -0.3 is 19.5 Å². The number of amides is 1. The van der Waals surface area contributed by atoms with Crippen molar-refractivity contribution in [2.75, 3.05) is 13.7 Å². The summed E-state index contributed by atoms with van der Waals surface area (Å²) in [7, 11) is 1.35. The van der Waals surface area contributed by atoms with Crippen molar-refractivity contribution in [3.63, 3.8) is 0 Å². The summed E-state index contributed by atoms with van der Waals surface area (Å²) < 4.78 is 14.9. The van der Waals surface area contributed by atoms with Crippen LogP contribution < -0.4 is 5.32 Å². The molecule has 7 heteroatoms. The van der Waals surface area contributed by atoms with Crippen molar-refractivity contribution in [1.82, 2.24) is 5.32 Å². The SMILES string of the molecule is CCOC(=O)C(C)C(CCCCC(=O)OC)NC(=O)OCc1ccccc1. The molecule has 0 aliphatic heterocycles. The number of nitrogens with one attached hydrogen (secondary N) is 1. The Morgan fingerprint density at radius 3 is 2.41 bits per heavy atom. The molecule has 0 spiro atoms. The van der Waals surface area contributed by atoms with E-state index in [2.05, 4.69) is 10.1 Å². The fourth-order valence-corrected chi connectivity index (χ4v) is 2.54. The van der Waals surface area contributed by atoms with Crippen molar-refractivity contribution in [3.8, 4) is 0 Å². The summed E-state index contributed by atoms with van der Waals surface area (Å²) >= 11 is 0. The molecule has 0 heterocycles. The molecule has 0 fully saturated rings. The number of hydrogen-bond acceptors (Lipinski definition) is 6. The second-order valence-corrected chi connectivity index (χ2v) is 6.18. The smallest absolute Gasteiger partial charge is 0.407 e. The minimum Gasteiger partial charge on any atom is -0.469 e. The molecular formula is C20H29NO6. The Labute approximate surface area is 160 Å². The average molecular weight is 379 g/mol. The highest BCUT2D eigenvalue weighted by Gasteiger charge is 2.27. The molecule has 2 atom stereocenters. The van der Waals surface area contributed by atoms with Gasteiger partial charge in [0, 0.05) is 12.5 Å². The summed E-state index contributed by atoms with van der Waals surface area (Å²) in [4.78, 5) is 35.4. The van der Waals surface area contributed by atoms with E-state index in [4.69, 9.17) is 9.47 Å². The molecular weight excluding hydrogens is 350 g/mol. The van der Waals surface area contributed by atoms with E-state index in [0.29, 0.717) is 25.7 Å². The quantitative estimate of drug-likeness (QED) is 0.361. The lowest BCUT2D eigenvalue weighted by Crippen LogP contribution is -2.43. The number of carbonyl (C=O) groups is 3. The second-order valence-electron chi connectivity index (χ2n) is 6.18. The minimum absolute atomic E-state index is 0.148. The number of methoxy groups -OCH3 is 1. The third kappa shape index (κ3) is 9.08. The summed E-state index contributed by atoms with van der Waals surface area (Å²) in [5, 5.41) is 2.75. The van der Waals surface area contributed by atoms with Gasteiger partial charge in [-0.25, -0.2) is 4.79 Å². The summed E-state index contributed by atoms with van der Waals surface area (Å²) in [6.07, 6.45) is 1.50. The maximum Gasteiger partial charge on any atom is 0.407 e. The Hall–Kier alpha value is -2.57. The highest BCUT2D eigenvalue weighted by molar-refractivity contribution is 5.75. The van der Waals surface area contributed by atoms with Gasteiger partial charge >= 0.3 is 18.0 Å². The lowest BCUT2D eigenvalue weighted by atomic mass is 9.96. The average Bonchev–Trinajstić information content (AvgIpc) is 2.68. The van der Waals surface area contributed by atoms with Crippen molar-refractivity contribution in [1.29, 1.82) is 0 Å². The molecule has 1 rings (SSSR count). The first-order valence-corrected chi connectivity index (χ1v) is 9.18. The Morgan fingerprint density at radius 2 is 1.78 bits per heavy atom. The molecule has 0 aromatic heterocycles. The van der Waals surface area contributed by atoms with Crippen molar-refractivity contribution < 1.29 is 28.6 Å². The van der Waals surface area contributed by atoms with Crippen LogP contribution in [0.2, 0.25) is 0 Å². The van der Waals surface area contributed by atoms with Crippen molar-refractivity contribution in [3.05, 3.63) is 35.9 Å². The fraction of sp³-hybridized carbons (Fsp3) is 0.550. The van der Waals surface area contributed by atoms with Gasteiger partial charge in [-0.15, -0.1) is 0 Å². The molecule has 150 valence electrons. The van der Waals surface area contributed by atoms with Crippen LogP contribution in [0.4, 0.5) is 4.79 Å². The number of benzene rings is 1. The van der Waals surface area contributed by atoms with Gasteiger partial charge in [0.05, 0.1) is 19.6 Å². The molecule has 1 aromatic carbocycles. The zero-order valence-electron chi connectivity index (χ0n) is 16.2. The molecule has 0 bridgehead atoms. The van der Waals surface area contributed by atoms with Crippen LogP contribution in [0.15, 0.2) is 30.3 Å². The maximum absolute atomic E-state index is 12.1. The third-order valence-electron chi connectivity index (χ3n) is 4.15. The molecule has 0 radical (unpaired) electrons. The Morgan fingerprint density at radius 1 is 1.07 bits per heavy atom. The molecule has 1 aromatic rings. The van der Waals surface area contributed by atoms with Crippen molar-refractivity contribution >= 4 is 18.0 Å². The Balaban J connectivity index is 2.56. The van der Waals surface area contributed by atoms with E-state index in [1.807, 2.05) is 30.3 Å². The lowest BCUT2D eigenvalue weighted by molar-refractivity contribution is -0.148. The molecule has 2 unspecified atom stereocenters. The number of esters is 2. The van der Waals surface area contributed by atoms with Gasteiger partial charge in [0.25, 0.3) is 0 Å². The number of carbonyl (C=O) groups excluding carboxylic acids is 3. The molecule has 27 heavy (non-hydrogen) atoms. The van der Waals surface area contributed by atoms with E-state index in [1.165, 1.54) is 7.11 Å². The van der Waals surface area contributed by atoms with Gasteiger partial charge in [-0.2, -0.15) is 0 Å². The molecule has 0 saturated heterocycles. The highest BCUT2D eigenvalue weighted by Crippen LogP contribution is 2.15. The molecule has 7 nitrogen and oxygen atoms in total. The summed E-state index contributed by atoms with van der Waals surface area (Å²) in [6, 6.07) is 8.89. The Bertz CT molecular complexity index is 589. The lowest BCUT2D eigenvalue weighted by Gasteiger charge is -2.23. The van der Waals surface area contributed by atoms with Gasteiger partial charge in [-0.05, 0) is 32.3 Å². The van der Waals surface area contributed by atoms with Crippen LogP contribution in [0.5, 0.6) is 0 Å². The van der Waals surface area contributed by atoms with Crippen LogP contribution in [0.1, 0.15) is 45.1 Å². The summed E-state index contributed by atoms with van der Waals surface area (Å²) in [6.45, 7) is 3.87. The molecule has 1 amide bonds. The largest absolute Gasteiger partial charge is 0.469 e. The van der Waals surface area contributed by atoms with Gasteiger partial charge in [0.15, 0.2) is 0 Å². The van der Waals surface area contributed by atoms with Gasteiger partial charge in [-0.3, -0.25) is 9.59 Å². The summed E-state index contributed by atoms with van der Waals surface area (Å²) in [5.41, 5.74) is 0.876. The van der Waals surface area contributed by atoms with Crippen molar-refractivity contribution in [2.24, 2.45) is 5.92 Å². The number of alkyl carbamates (subject to hydrolysis) is 1. The molecule has 0 aliphatic rings. The van der Waals surface area contributed by atoms with Gasteiger partial charge in [0.2, 0.25) is 0 Å². The first-order chi connectivity index (χ1) is 13.0. The van der Waals surface area contributed by atoms with E-state index >= 15 is 0 Å². The van der Waals surface area contributed by atoms with Crippen LogP contribution in [0.25, 0.3) is 0 Å².